The number of benzene rings is 1. The first-order valence-electron chi connectivity index (χ1n) is 5.27. The van der Waals surface area contributed by atoms with Gasteiger partial charge in [0.15, 0.2) is 0 Å². The summed E-state index contributed by atoms with van der Waals surface area (Å²) in [5.74, 6) is -0.916. The molecule has 0 aromatic heterocycles. The number of halogens is 1. The second kappa shape index (κ2) is 5.63. The number of hydrogen-bond donors (Lipinski definition) is 2. The van der Waals surface area contributed by atoms with Crippen molar-refractivity contribution >= 4 is 5.97 Å². The second-order valence-corrected chi connectivity index (χ2v) is 3.88. The van der Waals surface area contributed by atoms with Crippen molar-refractivity contribution in [2.45, 2.75) is 25.8 Å². The Morgan fingerprint density at radius 3 is 2.76 bits per heavy atom. The number of methoxy groups -OCH3 is 1. The molecule has 0 aliphatic carbocycles. The van der Waals surface area contributed by atoms with E-state index in [2.05, 4.69) is 0 Å². The number of hydrogen-bond acceptors (Lipinski definition) is 3. The molecule has 1 rings (SSSR count). The molecule has 1 aromatic carbocycles. The van der Waals surface area contributed by atoms with E-state index in [1.165, 1.54) is 13.2 Å². The minimum absolute atomic E-state index is 0.0270. The zero-order chi connectivity index (χ0) is 13.0. The van der Waals surface area contributed by atoms with Crippen LogP contribution in [0.4, 0.5) is 4.39 Å². The highest BCUT2D eigenvalue weighted by molar-refractivity contribution is 5.66. The third-order valence-corrected chi connectivity index (χ3v) is 2.58. The van der Waals surface area contributed by atoms with Crippen LogP contribution >= 0.6 is 0 Å². The van der Waals surface area contributed by atoms with Crippen LogP contribution in [-0.4, -0.2) is 18.2 Å². The molecule has 0 spiro atoms. The summed E-state index contributed by atoms with van der Waals surface area (Å²) in [4.78, 5) is 10.5. The first kappa shape index (κ1) is 13.4. The Morgan fingerprint density at radius 1 is 1.59 bits per heavy atom. The number of carboxylic acid groups (broad SMARTS) is 1. The lowest BCUT2D eigenvalue weighted by Gasteiger charge is -2.16. The number of aliphatic carboxylic acids is 1. The minimum atomic E-state index is -0.904. The fourth-order valence-corrected chi connectivity index (χ4v) is 1.59. The fourth-order valence-electron chi connectivity index (χ4n) is 1.59. The van der Waals surface area contributed by atoms with Gasteiger partial charge in [0.2, 0.25) is 0 Å². The molecule has 0 radical (unpaired) electrons. The molecule has 4 nitrogen and oxygen atoms in total. The molecule has 0 amide bonds. The van der Waals surface area contributed by atoms with Gasteiger partial charge in [-0.3, -0.25) is 4.79 Å². The van der Waals surface area contributed by atoms with Crippen molar-refractivity contribution in [1.82, 2.24) is 0 Å². The first-order chi connectivity index (χ1) is 7.95. The summed E-state index contributed by atoms with van der Waals surface area (Å²) in [7, 11) is 1.43. The maximum Gasteiger partial charge on any atom is 0.303 e. The van der Waals surface area contributed by atoms with Crippen LogP contribution in [0, 0.1) is 12.7 Å². The smallest absolute Gasteiger partial charge is 0.303 e. The van der Waals surface area contributed by atoms with E-state index < -0.39 is 12.0 Å². The summed E-state index contributed by atoms with van der Waals surface area (Å²) in [5, 5.41) is 8.59. The van der Waals surface area contributed by atoms with Crippen LogP contribution in [-0.2, 0) is 4.79 Å². The highest BCUT2D eigenvalue weighted by Gasteiger charge is 2.15. The van der Waals surface area contributed by atoms with Gasteiger partial charge >= 0.3 is 5.97 Å². The Kier molecular flexibility index (Phi) is 4.45. The van der Waals surface area contributed by atoms with Crippen LogP contribution < -0.4 is 10.5 Å². The number of ether oxygens (including phenoxy) is 1. The maximum atomic E-state index is 13.3. The zero-order valence-electron chi connectivity index (χ0n) is 9.87. The second-order valence-electron chi connectivity index (χ2n) is 3.88. The molecule has 0 aliphatic heterocycles. The highest BCUT2D eigenvalue weighted by Crippen LogP contribution is 2.29. The normalized spacial score (nSPS) is 12.2. The van der Waals surface area contributed by atoms with E-state index >= 15 is 0 Å². The lowest BCUT2D eigenvalue weighted by atomic mass is 9.99. The van der Waals surface area contributed by atoms with Crippen molar-refractivity contribution in [3.63, 3.8) is 0 Å². The SMILES string of the molecule is COc1cc(F)c(C)cc1C(N)CCC(=O)O. The molecule has 3 N–H and O–H groups in total. The van der Waals surface area contributed by atoms with Crippen molar-refractivity contribution in [1.29, 1.82) is 0 Å². The molecule has 1 atom stereocenters. The third kappa shape index (κ3) is 3.42. The van der Waals surface area contributed by atoms with Crippen molar-refractivity contribution in [3.05, 3.63) is 29.1 Å². The molecule has 0 saturated carbocycles. The first-order valence-corrected chi connectivity index (χ1v) is 5.27. The predicted molar refractivity (Wildman–Crippen MR) is 61.5 cm³/mol. The summed E-state index contributed by atoms with van der Waals surface area (Å²) >= 11 is 0. The standard InChI is InChI=1S/C12H16FNO3/c1-7-5-8(10(14)3-4-12(15)16)11(17-2)6-9(7)13/h5-6,10H,3-4,14H2,1-2H3,(H,15,16). The Labute approximate surface area is 99.2 Å². The predicted octanol–water partition coefficient (Wildman–Crippen LogP) is 2.01. The van der Waals surface area contributed by atoms with Crippen LogP contribution in [0.25, 0.3) is 0 Å². The van der Waals surface area contributed by atoms with Crippen molar-refractivity contribution in [2.24, 2.45) is 5.73 Å². The number of carbonyl (C=O) groups is 1. The highest BCUT2D eigenvalue weighted by atomic mass is 19.1. The average molecular weight is 241 g/mol. The van der Waals surface area contributed by atoms with Crippen molar-refractivity contribution < 1.29 is 19.0 Å². The molecule has 5 heteroatoms. The van der Waals surface area contributed by atoms with Gasteiger partial charge in [-0.25, -0.2) is 4.39 Å². The molecule has 1 unspecified atom stereocenters. The summed E-state index contributed by atoms with van der Waals surface area (Å²) in [6, 6.07) is 2.40. The summed E-state index contributed by atoms with van der Waals surface area (Å²) in [6.07, 6.45) is 0.261. The summed E-state index contributed by atoms with van der Waals surface area (Å²) in [5.41, 5.74) is 6.97. The summed E-state index contributed by atoms with van der Waals surface area (Å²) < 4.78 is 18.4. The summed E-state index contributed by atoms with van der Waals surface area (Å²) in [6.45, 7) is 1.63. The Bertz CT molecular complexity index is 420. The van der Waals surface area contributed by atoms with E-state index in [9.17, 15) is 9.18 Å². The molecule has 0 fully saturated rings. The van der Waals surface area contributed by atoms with Crippen LogP contribution in [0.5, 0.6) is 5.75 Å². The van der Waals surface area contributed by atoms with Crippen LogP contribution in [0.1, 0.15) is 30.0 Å². The van der Waals surface area contributed by atoms with Crippen LogP contribution in [0.2, 0.25) is 0 Å². The number of nitrogens with two attached hydrogens (primary N) is 1. The van der Waals surface area contributed by atoms with Gasteiger partial charge in [-0.05, 0) is 25.0 Å². The molecular weight excluding hydrogens is 225 g/mol. The number of aryl methyl sites for hydroxylation is 1. The van der Waals surface area contributed by atoms with E-state index in [-0.39, 0.29) is 18.7 Å². The molecule has 17 heavy (non-hydrogen) atoms. The van der Waals surface area contributed by atoms with Gasteiger partial charge in [-0.1, -0.05) is 0 Å². The van der Waals surface area contributed by atoms with Gasteiger partial charge in [-0.15, -0.1) is 0 Å². The van der Waals surface area contributed by atoms with E-state index in [0.717, 1.165) is 0 Å². The number of carboxylic acids is 1. The fraction of sp³-hybridized carbons (Fsp3) is 0.417. The van der Waals surface area contributed by atoms with Gasteiger partial charge in [-0.2, -0.15) is 0 Å². The molecular formula is C12H16FNO3. The van der Waals surface area contributed by atoms with E-state index in [1.807, 2.05) is 0 Å². The quantitative estimate of drug-likeness (QED) is 0.827. The molecule has 0 bridgehead atoms. The topological polar surface area (TPSA) is 72.5 Å². The van der Waals surface area contributed by atoms with Crippen LogP contribution in [0.3, 0.4) is 0 Å². The van der Waals surface area contributed by atoms with E-state index in [4.69, 9.17) is 15.6 Å². The van der Waals surface area contributed by atoms with Gasteiger partial charge in [0.05, 0.1) is 7.11 Å². The average Bonchev–Trinajstić information content (AvgIpc) is 2.28. The van der Waals surface area contributed by atoms with Crippen molar-refractivity contribution in [3.8, 4) is 5.75 Å². The maximum absolute atomic E-state index is 13.3. The van der Waals surface area contributed by atoms with E-state index in [1.54, 1.807) is 13.0 Å². The lowest BCUT2D eigenvalue weighted by molar-refractivity contribution is -0.137. The molecule has 94 valence electrons. The van der Waals surface area contributed by atoms with Gasteiger partial charge < -0.3 is 15.6 Å². The Morgan fingerprint density at radius 2 is 2.24 bits per heavy atom. The Balaban J connectivity index is 2.95. The number of rotatable bonds is 5. The van der Waals surface area contributed by atoms with Gasteiger partial charge in [0.25, 0.3) is 0 Å². The molecule has 0 aliphatic rings. The van der Waals surface area contributed by atoms with Crippen LogP contribution in [0.15, 0.2) is 12.1 Å². The molecule has 0 heterocycles. The minimum Gasteiger partial charge on any atom is -0.496 e. The van der Waals surface area contributed by atoms with Crippen molar-refractivity contribution in [2.75, 3.05) is 7.11 Å². The molecule has 0 saturated heterocycles. The van der Waals surface area contributed by atoms with E-state index in [0.29, 0.717) is 16.9 Å². The Hall–Kier alpha value is -1.62. The molecule has 1 aromatic rings. The zero-order valence-corrected chi connectivity index (χ0v) is 9.87. The lowest BCUT2D eigenvalue weighted by Crippen LogP contribution is -2.14. The largest absolute Gasteiger partial charge is 0.496 e. The third-order valence-electron chi connectivity index (χ3n) is 2.58. The monoisotopic (exact) mass is 241 g/mol. The van der Waals surface area contributed by atoms with Gasteiger partial charge in [0, 0.05) is 24.1 Å². The van der Waals surface area contributed by atoms with Gasteiger partial charge in [0.1, 0.15) is 11.6 Å².